The summed E-state index contributed by atoms with van der Waals surface area (Å²) in [6.07, 6.45) is 0. The molecule has 7 heteroatoms. The number of rotatable bonds is 4. The number of amides is 1. The topological polar surface area (TPSA) is 78.4 Å². The number of hydrogen-bond donors (Lipinski definition) is 1. The molecule has 2 aromatic carbocycles. The van der Waals surface area contributed by atoms with Crippen LogP contribution in [0.1, 0.15) is 28.4 Å². The number of fused-ring (bicyclic) bond motifs is 1. The molecule has 1 fully saturated rings. The summed E-state index contributed by atoms with van der Waals surface area (Å²) >= 11 is 0. The van der Waals surface area contributed by atoms with E-state index in [0.29, 0.717) is 36.1 Å². The highest BCUT2D eigenvalue weighted by molar-refractivity contribution is 5.97. The quantitative estimate of drug-likeness (QED) is 0.719. The standard InChI is InChI=1S/C23H26N4O3/c1-3-27-22(29)19-9-8-17(14-20(19)24-23(27)30)21(28)26-12-10-25(11-13-26)15-18-7-5-4-6-16(18)2/h4-9,14H,3,10-13,15H2,1-2H3,(H,24,30). The second-order valence-corrected chi connectivity index (χ2v) is 7.73. The molecule has 0 bridgehead atoms. The molecule has 1 aliphatic heterocycles. The first-order valence-electron chi connectivity index (χ1n) is 10.3. The summed E-state index contributed by atoms with van der Waals surface area (Å²) in [5.41, 5.74) is 2.69. The van der Waals surface area contributed by atoms with Gasteiger partial charge in [0.05, 0.1) is 10.9 Å². The molecule has 0 spiro atoms. The Kier molecular flexibility index (Phi) is 5.55. The van der Waals surface area contributed by atoms with Crippen LogP contribution in [0.3, 0.4) is 0 Å². The van der Waals surface area contributed by atoms with E-state index in [1.165, 1.54) is 11.1 Å². The fraction of sp³-hybridized carbons (Fsp3) is 0.348. The average molecular weight is 406 g/mol. The SMILES string of the molecule is CCn1c(=O)[nH]c2cc(C(=O)N3CCN(Cc4ccccc4C)CC3)ccc2c1=O. The highest BCUT2D eigenvalue weighted by atomic mass is 16.2. The Labute approximate surface area is 174 Å². The Hall–Kier alpha value is -3.19. The second-order valence-electron chi connectivity index (χ2n) is 7.73. The second kappa shape index (κ2) is 8.28. The summed E-state index contributed by atoms with van der Waals surface area (Å²) in [5, 5.41) is 0.413. The first-order chi connectivity index (χ1) is 14.5. The fourth-order valence-electron chi connectivity index (χ4n) is 3.99. The van der Waals surface area contributed by atoms with E-state index in [9.17, 15) is 14.4 Å². The number of aromatic nitrogens is 2. The monoisotopic (exact) mass is 406 g/mol. The Morgan fingerprint density at radius 1 is 1.03 bits per heavy atom. The smallest absolute Gasteiger partial charge is 0.328 e. The van der Waals surface area contributed by atoms with E-state index in [1.807, 2.05) is 11.0 Å². The third-order valence-corrected chi connectivity index (χ3v) is 5.86. The van der Waals surface area contributed by atoms with Gasteiger partial charge in [-0.25, -0.2) is 4.79 Å². The number of nitrogens with zero attached hydrogens (tertiary/aromatic N) is 3. The highest BCUT2D eigenvalue weighted by Gasteiger charge is 2.23. The molecule has 0 saturated carbocycles. The van der Waals surface area contributed by atoms with E-state index < -0.39 is 5.69 Å². The summed E-state index contributed by atoms with van der Waals surface area (Å²) in [6.45, 7) is 7.98. The lowest BCUT2D eigenvalue weighted by Gasteiger charge is -2.35. The van der Waals surface area contributed by atoms with Gasteiger partial charge in [0.1, 0.15) is 0 Å². The summed E-state index contributed by atoms with van der Waals surface area (Å²) in [4.78, 5) is 44.4. The minimum absolute atomic E-state index is 0.0760. The number of nitrogens with one attached hydrogen (secondary N) is 1. The Morgan fingerprint density at radius 2 is 1.77 bits per heavy atom. The van der Waals surface area contributed by atoms with Gasteiger partial charge in [-0.1, -0.05) is 24.3 Å². The van der Waals surface area contributed by atoms with Crippen LogP contribution in [-0.4, -0.2) is 51.4 Å². The van der Waals surface area contributed by atoms with Gasteiger partial charge in [-0.2, -0.15) is 0 Å². The molecule has 4 rings (SSSR count). The van der Waals surface area contributed by atoms with Crippen molar-refractivity contribution in [2.75, 3.05) is 26.2 Å². The molecule has 0 aliphatic carbocycles. The first kappa shape index (κ1) is 20.1. The van der Waals surface area contributed by atoms with E-state index in [0.717, 1.165) is 24.2 Å². The largest absolute Gasteiger partial charge is 0.336 e. The molecule has 0 radical (unpaired) electrons. The van der Waals surface area contributed by atoms with Crippen LogP contribution in [0.2, 0.25) is 0 Å². The predicted octanol–water partition coefficient (Wildman–Crippen LogP) is 1.98. The van der Waals surface area contributed by atoms with Crippen molar-refractivity contribution in [3.8, 4) is 0 Å². The molecular weight excluding hydrogens is 380 g/mol. The molecule has 156 valence electrons. The van der Waals surface area contributed by atoms with Crippen LogP contribution in [0.15, 0.2) is 52.1 Å². The lowest BCUT2D eigenvalue weighted by molar-refractivity contribution is 0.0628. The zero-order valence-corrected chi connectivity index (χ0v) is 17.4. The number of piperazine rings is 1. The summed E-state index contributed by atoms with van der Waals surface area (Å²) in [5.74, 6) is -0.0760. The van der Waals surface area contributed by atoms with Crippen LogP contribution in [0.25, 0.3) is 10.9 Å². The van der Waals surface area contributed by atoms with Gasteiger partial charge in [0.15, 0.2) is 0 Å². The summed E-state index contributed by atoms with van der Waals surface area (Å²) in [6, 6.07) is 13.3. The Bertz CT molecular complexity index is 1200. The van der Waals surface area contributed by atoms with Crippen molar-refractivity contribution in [1.29, 1.82) is 0 Å². The number of hydrogen-bond acceptors (Lipinski definition) is 4. The molecule has 3 aromatic rings. The van der Waals surface area contributed by atoms with Gasteiger partial charge in [-0.05, 0) is 43.2 Å². The van der Waals surface area contributed by atoms with Crippen molar-refractivity contribution in [3.05, 3.63) is 80.0 Å². The molecule has 0 atom stereocenters. The first-order valence-corrected chi connectivity index (χ1v) is 10.3. The number of carbonyl (C=O) groups is 1. The van der Waals surface area contributed by atoms with Gasteiger partial charge in [0.2, 0.25) is 0 Å². The molecule has 1 N–H and O–H groups in total. The van der Waals surface area contributed by atoms with Crippen LogP contribution < -0.4 is 11.2 Å². The minimum Gasteiger partial charge on any atom is -0.336 e. The normalized spacial score (nSPS) is 14.9. The van der Waals surface area contributed by atoms with Gasteiger partial charge in [0.25, 0.3) is 11.5 Å². The van der Waals surface area contributed by atoms with Crippen molar-refractivity contribution in [2.24, 2.45) is 0 Å². The molecule has 30 heavy (non-hydrogen) atoms. The van der Waals surface area contributed by atoms with Crippen LogP contribution in [0, 0.1) is 6.92 Å². The lowest BCUT2D eigenvalue weighted by atomic mass is 10.1. The van der Waals surface area contributed by atoms with Crippen LogP contribution in [0.5, 0.6) is 0 Å². The number of H-pyrrole nitrogens is 1. The molecule has 7 nitrogen and oxygen atoms in total. The molecule has 2 heterocycles. The zero-order chi connectivity index (χ0) is 21.3. The predicted molar refractivity (Wildman–Crippen MR) is 117 cm³/mol. The molecule has 1 aliphatic rings. The van der Waals surface area contributed by atoms with Crippen molar-refractivity contribution in [2.45, 2.75) is 26.9 Å². The number of aryl methyl sites for hydroxylation is 1. The summed E-state index contributed by atoms with van der Waals surface area (Å²) < 4.78 is 1.15. The summed E-state index contributed by atoms with van der Waals surface area (Å²) in [7, 11) is 0. The maximum Gasteiger partial charge on any atom is 0.328 e. The van der Waals surface area contributed by atoms with E-state index in [2.05, 4.69) is 35.0 Å². The maximum absolute atomic E-state index is 13.0. The zero-order valence-electron chi connectivity index (χ0n) is 17.4. The van der Waals surface area contributed by atoms with Gasteiger partial charge < -0.3 is 9.88 Å². The Balaban J connectivity index is 1.48. The third kappa shape index (κ3) is 3.80. The van der Waals surface area contributed by atoms with E-state index in [4.69, 9.17) is 0 Å². The Morgan fingerprint density at radius 3 is 2.47 bits per heavy atom. The molecular formula is C23H26N4O3. The lowest BCUT2D eigenvalue weighted by Crippen LogP contribution is -2.48. The van der Waals surface area contributed by atoms with Crippen molar-refractivity contribution < 1.29 is 4.79 Å². The molecule has 1 aromatic heterocycles. The van der Waals surface area contributed by atoms with Crippen LogP contribution in [0.4, 0.5) is 0 Å². The fourth-order valence-corrected chi connectivity index (χ4v) is 3.99. The van der Waals surface area contributed by atoms with Gasteiger partial charge in [-0.3, -0.25) is 19.1 Å². The van der Waals surface area contributed by atoms with Crippen molar-refractivity contribution >= 4 is 16.8 Å². The van der Waals surface area contributed by atoms with Crippen LogP contribution in [-0.2, 0) is 13.1 Å². The van der Waals surface area contributed by atoms with Crippen molar-refractivity contribution in [3.63, 3.8) is 0 Å². The van der Waals surface area contributed by atoms with Gasteiger partial charge in [0, 0.05) is 44.8 Å². The minimum atomic E-state index is -0.454. The van der Waals surface area contributed by atoms with Crippen LogP contribution >= 0.6 is 0 Å². The average Bonchev–Trinajstić information content (AvgIpc) is 2.75. The van der Waals surface area contributed by atoms with Gasteiger partial charge in [-0.15, -0.1) is 0 Å². The van der Waals surface area contributed by atoms with E-state index in [1.54, 1.807) is 25.1 Å². The number of carbonyl (C=O) groups excluding carboxylic acids is 1. The molecule has 1 saturated heterocycles. The van der Waals surface area contributed by atoms with E-state index in [-0.39, 0.29) is 11.5 Å². The number of aromatic amines is 1. The van der Waals surface area contributed by atoms with Gasteiger partial charge >= 0.3 is 5.69 Å². The van der Waals surface area contributed by atoms with Crippen molar-refractivity contribution in [1.82, 2.24) is 19.4 Å². The third-order valence-electron chi connectivity index (χ3n) is 5.86. The maximum atomic E-state index is 13.0. The highest BCUT2D eigenvalue weighted by Crippen LogP contribution is 2.16. The molecule has 0 unspecified atom stereocenters. The van der Waals surface area contributed by atoms with E-state index >= 15 is 0 Å². The molecule has 1 amide bonds. The number of benzene rings is 2.